The summed E-state index contributed by atoms with van der Waals surface area (Å²) < 4.78 is 14.2. The average molecular weight is 253 g/mol. The number of epoxide rings is 2. The maximum atomic E-state index is 12.2. The van der Waals surface area contributed by atoms with Crippen molar-refractivity contribution in [2.75, 3.05) is 13.2 Å². The van der Waals surface area contributed by atoms with E-state index < -0.39 is 0 Å². The number of hydrogen-bond donors (Lipinski definition) is 0. The standard InChI is InChI=1S/C11H15N3O4/c1-2-3-13-10(15)12(4-8-6-17-8)11(16)14(13)5-9-7-18-9/h2,8-9H,1,3-7H2. The van der Waals surface area contributed by atoms with Crippen molar-refractivity contribution in [3.63, 3.8) is 0 Å². The van der Waals surface area contributed by atoms with Crippen LogP contribution in [0.5, 0.6) is 0 Å². The molecule has 0 saturated carbocycles. The fourth-order valence-corrected chi connectivity index (χ4v) is 1.94. The number of hydrogen-bond acceptors (Lipinski definition) is 4. The van der Waals surface area contributed by atoms with E-state index in [2.05, 4.69) is 6.58 Å². The molecule has 3 heterocycles. The van der Waals surface area contributed by atoms with Crippen LogP contribution in [-0.2, 0) is 29.1 Å². The third kappa shape index (κ3) is 2.06. The van der Waals surface area contributed by atoms with Gasteiger partial charge in [-0.05, 0) is 0 Å². The van der Waals surface area contributed by atoms with Gasteiger partial charge in [0.05, 0.1) is 39.0 Å². The smallest absolute Gasteiger partial charge is 0.347 e. The molecule has 2 fully saturated rings. The quantitative estimate of drug-likeness (QED) is 0.471. The van der Waals surface area contributed by atoms with Crippen LogP contribution in [0.3, 0.4) is 0 Å². The van der Waals surface area contributed by atoms with Gasteiger partial charge in [-0.3, -0.25) is 0 Å². The van der Waals surface area contributed by atoms with Gasteiger partial charge in [0.1, 0.15) is 6.10 Å². The largest absolute Gasteiger partial charge is 0.371 e. The topological polar surface area (TPSA) is 74.0 Å². The Labute approximate surface area is 103 Å². The Balaban J connectivity index is 1.99. The van der Waals surface area contributed by atoms with Crippen molar-refractivity contribution in [2.45, 2.75) is 31.8 Å². The van der Waals surface area contributed by atoms with Crippen LogP contribution in [0, 0.1) is 0 Å². The van der Waals surface area contributed by atoms with Crippen LogP contribution in [0.1, 0.15) is 0 Å². The molecule has 0 radical (unpaired) electrons. The predicted molar refractivity (Wildman–Crippen MR) is 62.6 cm³/mol. The Morgan fingerprint density at radius 3 is 2.22 bits per heavy atom. The lowest BCUT2D eigenvalue weighted by Gasteiger charge is -2.04. The number of aromatic nitrogens is 3. The molecule has 2 unspecified atom stereocenters. The first-order valence-corrected chi connectivity index (χ1v) is 5.95. The lowest BCUT2D eigenvalue weighted by Crippen LogP contribution is -2.31. The SMILES string of the molecule is C=CCn1c(=O)n(CC2CO2)c(=O)n1CC1CO1. The summed E-state index contributed by atoms with van der Waals surface area (Å²) in [4.78, 5) is 24.3. The summed E-state index contributed by atoms with van der Waals surface area (Å²) >= 11 is 0. The second kappa shape index (κ2) is 4.25. The first-order valence-electron chi connectivity index (χ1n) is 5.95. The van der Waals surface area contributed by atoms with Crippen LogP contribution in [0.4, 0.5) is 0 Å². The number of allylic oxidation sites excluding steroid dienone is 1. The molecule has 0 aliphatic carbocycles. The lowest BCUT2D eigenvalue weighted by molar-refractivity contribution is 0.347. The minimum Gasteiger partial charge on any atom is -0.371 e. The normalized spacial score (nSPS) is 25.1. The molecule has 3 rings (SSSR count). The molecule has 7 nitrogen and oxygen atoms in total. The summed E-state index contributed by atoms with van der Waals surface area (Å²) in [5.74, 6) is 0. The summed E-state index contributed by atoms with van der Waals surface area (Å²) in [6.45, 7) is 5.93. The van der Waals surface area contributed by atoms with E-state index in [0.29, 0.717) is 32.8 Å². The van der Waals surface area contributed by atoms with Gasteiger partial charge in [-0.1, -0.05) is 6.08 Å². The van der Waals surface area contributed by atoms with E-state index in [1.807, 2.05) is 0 Å². The number of nitrogens with zero attached hydrogens (tertiary/aromatic N) is 3. The summed E-state index contributed by atoms with van der Waals surface area (Å²) in [7, 11) is 0. The van der Waals surface area contributed by atoms with Crippen molar-refractivity contribution in [3.8, 4) is 0 Å². The van der Waals surface area contributed by atoms with Gasteiger partial charge in [0, 0.05) is 0 Å². The lowest BCUT2D eigenvalue weighted by atomic mass is 10.5. The second-order valence-corrected chi connectivity index (χ2v) is 4.54. The Morgan fingerprint density at radius 2 is 1.67 bits per heavy atom. The van der Waals surface area contributed by atoms with E-state index in [9.17, 15) is 9.59 Å². The zero-order valence-corrected chi connectivity index (χ0v) is 9.95. The Bertz CT molecular complexity index is 574. The Kier molecular flexibility index (Phi) is 2.71. The number of ether oxygens (including phenoxy) is 2. The molecule has 0 N–H and O–H groups in total. The predicted octanol–water partition coefficient (Wildman–Crippen LogP) is -1.20. The highest BCUT2D eigenvalue weighted by atomic mass is 16.6. The third-order valence-electron chi connectivity index (χ3n) is 3.06. The highest BCUT2D eigenvalue weighted by Gasteiger charge is 2.29. The van der Waals surface area contributed by atoms with E-state index in [0.717, 1.165) is 0 Å². The van der Waals surface area contributed by atoms with Gasteiger partial charge in [0.25, 0.3) is 0 Å². The molecule has 18 heavy (non-hydrogen) atoms. The summed E-state index contributed by atoms with van der Waals surface area (Å²) in [5.41, 5.74) is -0.607. The molecule has 0 amide bonds. The average Bonchev–Trinajstić information content (AvgIpc) is 3.23. The van der Waals surface area contributed by atoms with Crippen LogP contribution < -0.4 is 11.4 Å². The fourth-order valence-electron chi connectivity index (χ4n) is 1.94. The molecular weight excluding hydrogens is 238 g/mol. The molecule has 98 valence electrons. The van der Waals surface area contributed by atoms with E-state index in [4.69, 9.17) is 9.47 Å². The van der Waals surface area contributed by atoms with Gasteiger partial charge >= 0.3 is 11.4 Å². The van der Waals surface area contributed by atoms with Crippen molar-refractivity contribution < 1.29 is 9.47 Å². The Morgan fingerprint density at radius 1 is 1.11 bits per heavy atom. The molecular formula is C11H15N3O4. The van der Waals surface area contributed by atoms with Crippen LogP contribution in [0.15, 0.2) is 22.2 Å². The van der Waals surface area contributed by atoms with Crippen molar-refractivity contribution >= 4 is 0 Å². The minimum atomic E-state index is -0.309. The fraction of sp³-hybridized carbons (Fsp3) is 0.636. The highest BCUT2D eigenvalue weighted by molar-refractivity contribution is 4.83. The zero-order valence-electron chi connectivity index (χ0n) is 9.95. The highest BCUT2D eigenvalue weighted by Crippen LogP contribution is 2.11. The van der Waals surface area contributed by atoms with E-state index in [1.165, 1.54) is 13.9 Å². The third-order valence-corrected chi connectivity index (χ3v) is 3.06. The first kappa shape index (κ1) is 11.5. The molecule has 0 aromatic carbocycles. The molecule has 0 bridgehead atoms. The van der Waals surface area contributed by atoms with Crippen molar-refractivity contribution in [1.82, 2.24) is 13.9 Å². The molecule has 1 aromatic heterocycles. The Hall–Kier alpha value is -1.60. The maximum absolute atomic E-state index is 12.2. The van der Waals surface area contributed by atoms with Gasteiger partial charge in [0.2, 0.25) is 0 Å². The maximum Gasteiger partial charge on any atom is 0.347 e. The van der Waals surface area contributed by atoms with E-state index >= 15 is 0 Å². The van der Waals surface area contributed by atoms with Gasteiger partial charge < -0.3 is 9.47 Å². The van der Waals surface area contributed by atoms with Gasteiger partial charge in [-0.15, -0.1) is 6.58 Å². The summed E-state index contributed by atoms with van der Waals surface area (Å²) in [5, 5.41) is 0. The molecule has 2 saturated heterocycles. The monoisotopic (exact) mass is 253 g/mol. The number of rotatable bonds is 6. The van der Waals surface area contributed by atoms with Crippen molar-refractivity contribution in [2.24, 2.45) is 0 Å². The molecule has 2 atom stereocenters. The molecule has 2 aliphatic heterocycles. The zero-order chi connectivity index (χ0) is 12.7. The summed E-state index contributed by atoms with van der Waals surface area (Å²) in [6.07, 6.45) is 1.65. The van der Waals surface area contributed by atoms with Crippen LogP contribution in [0.2, 0.25) is 0 Å². The van der Waals surface area contributed by atoms with Crippen LogP contribution in [0.25, 0.3) is 0 Å². The molecule has 2 aliphatic rings. The molecule has 0 spiro atoms. The first-order chi connectivity index (χ1) is 8.70. The minimum absolute atomic E-state index is 0.000561. The van der Waals surface area contributed by atoms with Crippen LogP contribution in [-0.4, -0.2) is 39.4 Å². The molecule has 1 aromatic rings. The van der Waals surface area contributed by atoms with E-state index in [-0.39, 0.29) is 23.6 Å². The second-order valence-electron chi connectivity index (χ2n) is 4.54. The van der Waals surface area contributed by atoms with Gasteiger partial charge in [-0.25, -0.2) is 23.5 Å². The van der Waals surface area contributed by atoms with Crippen molar-refractivity contribution in [1.29, 1.82) is 0 Å². The molecule has 7 heteroatoms. The van der Waals surface area contributed by atoms with Gasteiger partial charge in [-0.2, -0.15) is 0 Å². The van der Waals surface area contributed by atoms with Crippen LogP contribution >= 0.6 is 0 Å². The summed E-state index contributed by atoms with van der Waals surface area (Å²) in [6, 6.07) is 0. The van der Waals surface area contributed by atoms with E-state index in [1.54, 1.807) is 6.08 Å². The van der Waals surface area contributed by atoms with Crippen molar-refractivity contribution in [3.05, 3.63) is 33.6 Å². The van der Waals surface area contributed by atoms with Gasteiger partial charge in [0.15, 0.2) is 0 Å².